The van der Waals surface area contributed by atoms with Gasteiger partial charge in [-0.3, -0.25) is 19.2 Å². The minimum Gasteiger partial charge on any atom is -0.465 e. The van der Waals surface area contributed by atoms with Crippen LogP contribution in [0.15, 0.2) is 34.1 Å². The fraction of sp³-hybridized carbons (Fsp3) is 0.600. The zero-order chi connectivity index (χ0) is 23.9. The van der Waals surface area contributed by atoms with Crippen molar-refractivity contribution >= 4 is 23.7 Å². The molecule has 1 aromatic heterocycles. The number of piperazine rings is 1. The van der Waals surface area contributed by atoms with Gasteiger partial charge in [0.05, 0.1) is 18.8 Å². The average Bonchev–Trinajstić information content (AvgIpc) is 3.48. The Hall–Kier alpha value is -3.10. The first kappa shape index (κ1) is 22.7. The monoisotopic (exact) mass is 469 g/mol. The predicted octanol–water partition coefficient (Wildman–Crippen LogP) is 2.19. The van der Waals surface area contributed by atoms with E-state index in [0.717, 1.165) is 31.4 Å². The van der Waals surface area contributed by atoms with Gasteiger partial charge in [0.1, 0.15) is 5.41 Å². The molecule has 0 spiro atoms. The number of carbonyl (C=O) groups is 4. The van der Waals surface area contributed by atoms with Crippen LogP contribution in [0.5, 0.6) is 0 Å². The number of allylic oxidation sites excluding steroid dienone is 1. The molecule has 2 atom stereocenters. The number of furan rings is 1. The van der Waals surface area contributed by atoms with Crippen LogP contribution in [-0.4, -0.2) is 77.7 Å². The summed E-state index contributed by atoms with van der Waals surface area (Å²) in [5, 5.41) is 0. The normalized spacial score (nSPS) is 26.6. The summed E-state index contributed by atoms with van der Waals surface area (Å²) in [4.78, 5) is 57.9. The van der Waals surface area contributed by atoms with E-state index in [0.29, 0.717) is 39.1 Å². The standard InChI is InChI=1S/C25H31N3O6/c1-2-33-24(32)25-9-3-6-17-7-4-10-28(21(17)25)22(30)18(25)16-20(29)26-11-13-27(14-12-26)23(31)19-8-5-15-34-19/h5,8,15,18H,2-4,6-7,9-14,16H2,1H3/t18-,25-/m1/s1. The van der Waals surface area contributed by atoms with Crippen LogP contribution < -0.4 is 0 Å². The highest BCUT2D eigenvalue weighted by Gasteiger charge is 2.63. The quantitative estimate of drug-likeness (QED) is 0.613. The Morgan fingerprint density at radius 2 is 1.82 bits per heavy atom. The number of hydrogen-bond donors (Lipinski definition) is 0. The fourth-order valence-corrected chi connectivity index (χ4v) is 6.21. The molecule has 1 aliphatic carbocycles. The maximum Gasteiger partial charge on any atom is 0.318 e. The summed E-state index contributed by atoms with van der Waals surface area (Å²) < 4.78 is 10.7. The van der Waals surface area contributed by atoms with Crippen LogP contribution in [0, 0.1) is 11.3 Å². The van der Waals surface area contributed by atoms with Gasteiger partial charge in [-0.15, -0.1) is 0 Å². The number of rotatable bonds is 5. The van der Waals surface area contributed by atoms with E-state index in [4.69, 9.17) is 9.15 Å². The third kappa shape index (κ3) is 3.52. The molecular weight excluding hydrogens is 438 g/mol. The van der Waals surface area contributed by atoms with Gasteiger partial charge in [0.2, 0.25) is 11.8 Å². The van der Waals surface area contributed by atoms with Crippen molar-refractivity contribution in [3.05, 3.63) is 35.4 Å². The van der Waals surface area contributed by atoms with Crippen molar-refractivity contribution < 1.29 is 28.3 Å². The first-order valence-corrected chi connectivity index (χ1v) is 12.3. The van der Waals surface area contributed by atoms with Gasteiger partial charge < -0.3 is 23.9 Å². The molecule has 0 N–H and O–H groups in total. The smallest absolute Gasteiger partial charge is 0.318 e. The molecule has 0 bridgehead atoms. The van der Waals surface area contributed by atoms with E-state index in [2.05, 4.69) is 0 Å². The van der Waals surface area contributed by atoms with Crippen LogP contribution in [0.3, 0.4) is 0 Å². The van der Waals surface area contributed by atoms with Crippen molar-refractivity contribution in [1.29, 1.82) is 0 Å². The van der Waals surface area contributed by atoms with Crippen LogP contribution in [0.1, 0.15) is 56.0 Å². The third-order valence-corrected chi connectivity index (χ3v) is 7.77. The number of carbonyl (C=O) groups excluding carboxylic acids is 4. The molecule has 4 aliphatic rings. The van der Waals surface area contributed by atoms with Gasteiger partial charge >= 0.3 is 5.97 Å². The molecule has 9 nitrogen and oxygen atoms in total. The highest BCUT2D eigenvalue weighted by Crippen LogP contribution is 2.57. The maximum absolute atomic E-state index is 13.5. The zero-order valence-corrected chi connectivity index (χ0v) is 19.6. The number of ether oxygens (including phenoxy) is 1. The molecule has 0 aromatic carbocycles. The van der Waals surface area contributed by atoms with E-state index in [-0.39, 0.29) is 42.5 Å². The topological polar surface area (TPSA) is 100 Å². The Morgan fingerprint density at radius 3 is 2.53 bits per heavy atom. The lowest BCUT2D eigenvalue weighted by atomic mass is 9.65. The van der Waals surface area contributed by atoms with E-state index in [9.17, 15) is 19.2 Å². The zero-order valence-electron chi connectivity index (χ0n) is 19.6. The second-order valence-electron chi connectivity index (χ2n) is 9.50. The van der Waals surface area contributed by atoms with Gasteiger partial charge in [-0.1, -0.05) is 0 Å². The second-order valence-corrected chi connectivity index (χ2v) is 9.50. The molecule has 1 aromatic rings. The van der Waals surface area contributed by atoms with Crippen molar-refractivity contribution in [2.75, 3.05) is 39.3 Å². The molecule has 0 unspecified atom stereocenters. The molecule has 5 rings (SSSR count). The van der Waals surface area contributed by atoms with Gasteiger partial charge in [-0.25, -0.2) is 0 Å². The minimum atomic E-state index is -1.05. The maximum atomic E-state index is 13.5. The lowest BCUT2D eigenvalue weighted by Crippen LogP contribution is -2.51. The SMILES string of the molecule is CCOC(=O)[C@@]12CCCC3=C1N(CCC3)C(=O)[C@H]2CC(=O)N1CCN(C(=O)c2ccco2)CC1. The Balaban J connectivity index is 1.33. The van der Waals surface area contributed by atoms with Gasteiger partial charge in [0.15, 0.2) is 5.76 Å². The highest BCUT2D eigenvalue weighted by atomic mass is 16.5. The molecule has 9 heteroatoms. The lowest BCUT2D eigenvalue weighted by molar-refractivity contribution is -0.158. The first-order chi connectivity index (χ1) is 16.5. The summed E-state index contributed by atoms with van der Waals surface area (Å²) in [5.41, 5.74) is 0.965. The highest BCUT2D eigenvalue weighted by molar-refractivity contribution is 5.99. The summed E-state index contributed by atoms with van der Waals surface area (Å²) in [6, 6.07) is 3.30. The molecule has 34 heavy (non-hydrogen) atoms. The van der Waals surface area contributed by atoms with E-state index >= 15 is 0 Å². The largest absolute Gasteiger partial charge is 0.465 e. The fourth-order valence-electron chi connectivity index (χ4n) is 6.21. The van der Waals surface area contributed by atoms with Crippen LogP contribution in [0.4, 0.5) is 0 Å². The Morgan fingerprint density at radius 1 is 1.09 bits per heavy atom. The Labute approximate surface area is 198 Å². The van der Waals surface area contributed by atoms with E-state index in [1.807, 2.05) is 0 Å². The molecule has 0 saturated carbocycles. The summed E-state index contributed by atoms with van der Waals surface area (Å²) in [6.45, 7) is 4.17. The van der Waals surface area contributed by atoms with Crippen LogP contribution in [0.25, 0.3) is 0 Å². The Bertz CT molecular complexity index is 1020. The Kier molecular flexibility index (Phi) is 5.95. The van der Waals surface area contributed by atoms with Crippen molar-refractivity contribution in [1.82, 2.24) is 14.7 Å². The van der Waals surface area contributed by atoms with Gasteiger partial charge in [-0.2, -0.15) is 0 Å². The number of hydrogen-bond acceptors (Lipinski definition) is 6. The molecule has 2 fully saturated rings. The van der Waals surface area contributed by atoms with Gasteiger partial charge in [0, 0.05) is 44.8 Å². The van der Waals surface area contributed by atoms with Crippen LogP contribution in [-0.2, 0) is 19.1 Å². The average molecular weight is 470 g/mol. The lowest BCUT2D eigenvalue weighted by Gasteiger charge is -2.40. The molecule has 3 amide bonds. The third-order valence-electron chi connectivity index (χ3n) is 7.77. The first-order valence-electron chi connectivity index (χ1n) is 12.3. The number of amides is 3. The summed E-state index contributed by atoms with van der Waals surface area (Å²) in [5.74, 6) is -1.28. The molecule has 3 aliphatic heterocycles. The molecular formula is C25H31N3O6. The van der Waals surface area contributed by atoms with Crippen molar-refractivity contribution in [2.45, 2.75) is 45.4 Å². The second kappa shape index (κ2) is 8.92. The van der Waals surface area contributed by atoms with Gasteiger partial charge in [-0.05, 0) is 56.7 Å². The van der Waals surface area contributed by atoms with Crippen molar-refractivity contribution in [3.8, 4) is 0 Å². The van der Waals surface area contributed by atoms with E-state index < -0.39 is 11.3 Å². The minimum absolute atomic E-state index is 0.0168. The summed E-state index contributed by atoms with van der Waals surface area (Å²) in [6.07, 6.45) is 5.48. The molecule has 4 heterocycles. The summed E-state index contributed by atoms with van der Waals surface area (Å²) in [7, 11) is 0. The summed E-state index contributed by atoms with van der Waals surface area (Å²) >= 11 is 0. The van der Waals surface area contributed by atoms with Gasteiger partial charge in [0.25, 0.3) is 5.91 Å². The predicted molar refractivity (Wildman–Crippen MR) is 120 cm³/mol. The number of esters is 1. The van der Waals surface area contributed by atoms with Crippen LogP contribution >= 0.6 is 0 Å². The van der Waals surface area contributed by atoms with E-state index in [1.165, 1.54) is 11.8 Å². The van der Waals surface area contributed by atoms with Crippen LogP contribution in [0.2, 0.25) is 0 Å². The van der Waals surface area contributed by atoms with E-state index in [1.54, 1.807) is 33.8 Å². The molecule has 2 saturated heterocycles. The molecule has 0 radical (unpaired) electrons. The number of nitrogens with zero attached hydrogens (tertiary/aromatic N) is 3. The molecule has 182 valence electrons. The van der Waals surface area contributed by atoms with Crippen molar-refractivity contribution in [2.24, 2.45) is 11.3 Å². The van der Waals surface area contributed by atoms with Crippen molar-refractivity contribution in [3.63, 3.8) is 0 Å².